The van der Waals surface area contributed by atoms with Crippen LogP contribution in [0.25, 0.3) is 6.08 Å². The van der Waals surface area contributed by atoms with Gasteiger partial charge in [0.1, 0.15) is 12.4 Å². The van der Waals surface area contributed by atoms with E-state index in [0.29, 0.717) is 6.61 Å². The summed E-state index contributed by atoms with van der Waals surface area (Å²) in [4.78, 5) is 0. The highest BCUT2D eigenvalue weighted by atomic mass is 16.5. The summed E-state index contributed by atoms with van der Waals surface area (Å²) in [5, 5.41) is 26.1. The molecule has 2 aromatic rings. The number of ether oxygens (including phenoxy) is 1. The Morgan fingerprint density at radius 1 is 0.842 bits per heavy atom. The van der Waals surface area contributed by atoms with Gasteiger partial charge in [0, 0.05) is 5.56 Å². The fraction of sp³-hybridized carbons (Fsp3) is 0.0667. The Morgan fingerprint density at radius 2 is 1.53 bits per heavy atom. The Kier molecular flexibility index (Phi) is 3.93. The lowest BCUT2D eigenvalue weighted by Gasteiger charge is -2.10. The standard InChI is InChI=1S/C9H8O.C6H6O3/c1-2-6-9-8(4-1)5-3-7-10-9;7-4-2-1-3-5(8)6(4)9/h1-6H,7H2;1-3,7-9H. The number of phenolic OH excluding ortho intramolecular Hbond substituents is 3. The van der Waals surface area contributed by atoms with Crippen molar-refractivity contribution in [1.29, 1.82) is 0 Å². The van der Waals surface area contributed by atoms with Crippen molar-refractivity contribution in [2.75, 3.05) is 6.61 Å². The van der Waals surface area contributed by atoms with Gasteiger partial charge in [0.25, 0.3) is 0 Å². The minimum Gasteiger partial charge on any atom is -0.504 e. The molecule has 1 aliphatic rings. The lowest BCUT2D eigenvalue weighted by atomic mass is 10.1. The van der Waals surface area contributed by atoms with E-state index < -0.39 is 5.75 Å². The largest absolute Gasteiger partial charge is 0.504 e. The molecule has 0 atom stereocenters. The van der Waals surface area contributed by atoms with Crippen molar-refractivity contribution in [2.24, 2.45) is 0 Å². The Balaban J connectivity index is 0.000000141. The highest BCUT2D eigenvalue weighted by Gasteiger charge is 2.01. The third-order valence-electron chi connectivity index (χ3n) is 2.54. The molecule has 0 amide bonds. The van der Waals surface area contributed by atoms with Crippen molar-refractivity contribution >= 4 is 6.08 Å². The van der Waals surface area contributed by atoms with Crippen LogP contribution in [0.1, 0.15) is 5.56 Å². The maximum absolute atomic E-state index is 8.71. The number of rotatable bonds is 0. The zero-order chi connectivity index (χ0) is 13.7. The first-order valence-electron chi connectivity index (χ1n) is 5.77. The molecule has 1 heterocycles. The second kappa shape index (κ2) is 5.82. The number of benzene rings is 2. The Morgan fingerprint density at radius 3 is 2.16 bits per heavy atom. The molecule has 0 saturated heterocycles. The van der Waals surface area contributed by atoms with Crippen LogP contribution in [0, 0.1) is 0 Å². The van der Waals surface area contributed by atoms with Crippen LogP contribution in [0.3, 0.4) is 0 Å². The molecule has 0 spiro atoms. The van der Waals surface area contributed by atoms with Gasteiger partial charge in [-0.25, -0.2) is 0 Å². The molecule has 0 fully saturated rings. The van der Waals surface area contributed by atoms with E-state index >= 15 is 0 Å². The molecule has 98 valence electrons. The average Bonchev–Trinajstić information content (AvgIpc) is 2.45. The number of fused-ring (bicyclic) bond motifs is 1. The summed E-state index contributed by atoms with van der Waals surface area (Å²) in [7, 11) is 0. The van der Waals surface area contributed by atoms with Crippen molar-refractivity contribution in [3.8, 4) is 23.0 Å². The lowest BCUT2D eigenvalue weighted by molar-refractivity contribution is 0.358. The summed E-state index contributed by atoms with van der Waals surface area (Å²) in [6, 6.07) is 12.0. The van der Waals surface area contributed by atoms with E-state index in [0.717, 1.165) is 5.75 Å². The van der Waals surface area contributed by atoms with Crippen LogP contribution in [0.4, 0.5) is 0 Å². The Bertz CT molecular complexity index is 570. The Hall–Kier alpha value is -2.62. The summed E-state index contributed by atoms with van der Waals surface area (Å²) in [6.07, 6.45) is 4.10. The molecule has 3 N–H and O–H groups in total. The summed E-state index contributed by atoms with van der Waals surface area (Å²) in [6.45, 7) is 0.705. The van der Waals surface area contributed by atoms with Crippen LogP contribution in [-0.4, -0.2) is 21.9 Å². The molecule has 1 aliphatic heterocycles. The lowest BCUT2D eigenvalue weighted by Crippen LogP contribution is -1.98. The summed E-state index contributed by atoms with van der Waals surface area (Å²) < 4.78 is 5.34. The third kappa shape index (κ3) is 3.19. The number of hydrogen-bond donors (Lipinski definition) is 3. The van der Waals surface area contributed by atoms with Crippen molar-refractivity contribution in [1.82, 2.24) is 0 Å². The van der Waals surface area contributed by atoms with Gasteiger partial charge in [-0.1, -0.05) is 30.3 Å². The predicted molar refractivity (Wildman–Crippen MR) is 72.4 cm³/mol. The van der Waals surface area contributed by atoms with Crippen molar-refractivity contribution in [3.63, 3.8) is 0 Å². The van der Waals surface area contributed by atoms with Crippen LogP contribution in [-0.2, 0) is 0 Å². The normalized spacial score (nSPS) is 11.8. The van der Waals surface area contributed by atoms with E-state index in [1.807, 2.05) is 30.3 Å². The highest BCUT2D eigenvalue weighted by molar-refractivity contribution is 5.58. The highest BCUT2D eigenvalue weighted by Crippen LogP contribution is 2.32. The van der Waals surface area contributed by atoms with Gasteiger partial charge in [-0.15, -0.1) is 0 Å². The number of hydrogen-bond acceptors (Lipinski definition) is 4. The van der Waals surface area contributed by atoms with Crippen molar-refractivity contribution in [2.45, 2.75) is 0 Å². The molecule has 4 nitrogen and oxygen atoms in total. The van der Waals surface area contributed by atoms with Gasteiger partial charge in [0.15, 0.2) is 17.2 Å². The number of para-hydroxylation sites is 2. The monoisotopic (exact) mass is 258 g/mol. The molecular formula is C15H14O4. The molecule has 0 unspecified atom stereocenters. The maximum Gasteiger partial charge on any atom is 0.200 e. The van der Waals surface area contributed by atoms with E-state index in [2.05, 4.69) is 6.08 Å². The molecule has 4 heteroatoms. The molecule has 3 rings (SSSR count). The van der Waals surface area contributed by atoms with Crippen LogP contribution in [0.5, 0.6) is 23.0 Å². The van der Waals surface area contributed by atoms with Gasteiger partial charge in [-0.2, -0.15) is 0 Å². The number of aromatic hydroxyl groups is 3. The van der Waals surface area contributed by atoms with Crippen LogP contribution in [0.15, 0.2) is 48.5 Å². The smallest absolute Gasteiger partial charge is 0.200 e. The SMILES string of the molecule is C1=Cc2ccccc2OC1.Oc1cccc(O)c1O. The second-order valence-corrected chi connectivity index (χ2v) is 3.90. The first-order valence-corrected chi connectivity index (χ1v) is 5.77. The minimum absolute atomic E-state index is 0.310. The van der Waals surface area contributed by atoms with E-state index in [-0.39, 0.29) is 11.5 Å². The molecular weight excluding hydrogens is 244 g/mol. The zero-order valence-corrected chi connectivity index (χ0v) is 10.2. The fourth-order valence-electron chi connectivity index (χ4n) is 1.58. The first kappa shape index (κ1) is 12.8. The van der Waals surface area contributed by atoms with Crippen LogP contribution < -0.4 is 4.74 Å². The van der Waals surface area contributed by atoms with Crippen molar-refractivity contribution < 1.29 is 20.1 Å². The predicted octanol–water partition coefficient (Wildman–Crippen LogP) is 2.90. The topological polar surface area (TPSA) is 69.9 Å². The maximum atomic E-state index is 8.71. The molecule has 0 aliphatic carbocycles. The molecule has 2 aromatic carbocycles. The number of phenols is 3. The van der Waals surface area contributed by atoms with E-state index in [4.69, 9.17) is 20.1 Å². The second-order valence-electron chi connectivity index (χ2n) is 3.90. The summed E-state index contributed by atoms with van der Waals surface area (Å²) in [5.41, 5.74) is 1.17. The van der Waals surface area contributed by atoms with E-state index in [1.54, 1.807) is 0 Å². The molecule has 0 aromatic heterocycles. The Labute approximate surface area is 110 Å². The quantitative estimate of drug-likeness (QED) is 0.635. The average molecular weight is 258 g/mol. The third-order valence-corrected chi connectivity index (χ3v) is 2.54. The molecule has 0 radical (unpaired) electrons. The van der Waals surface area contributed by atoms with Gasteiger partial charge in [0.05, 0.1) is 0 Å². The van der Waals surface area contributed by atoms with Crippen LogP contribution in [0.2, 0.25) is 0 Å². The van der Waals surface area contributed by atoms with Gasteiger partial charge >= 0.3 is 0 Å². The molecule has 0 bridgehead atoms. The van der Waals surface area contributed by atoms with Gasteiger partial charge in [0.2, 0.25) is 0 Å². The van der Waals surface area contributed by atoms with E-state index in [9.17, 15) is 0 Å². The van der Waals surface area contributed by atoms with E-state index in [1.165, 1.54) is 23.8 Å². The summed E-state index contributed by atoms with van der Waals surface area (Å²) >= 11 is 0. The van der Waals surface area contributed by atoms with Crippen molar-refractivity contribution in [3.05, 3.63) is 54.1 Å². The summed E-state index contributed by atoms with van der Waals surface area (Å²) in [5.74, 6) is -0.104. The van der Waals surface area contributed by atoms with Gasteiger partial charge in [-0.3, -0.25) is 0 Å². The zero-order valence-electron chi connectivity index (χ0n) is 10.2. The molecule has 0 saturated carbocycles. The van der Waals surface area contributed by atoms with Crippen LogP contribution >= 0.6 is 0 Å². The van der Waals surface area contributed by atoms with Gasteiger partial charge in [-0.05, 0) is 24.3 Å². The molecule has 19 heavy (non-hydrogen) atoms. The minimum atomic E-state index is -0.475. The fourth-order valence-corrected chi connectivity index (χ4v) is 1.58. The first-order chi connectivity index (χ1) is 9.18. The van der Waals surface area contributed by atoms with Gasteiger partial charge < -0.3 is 20.1 Å².